The normalized spacial score (nSPS) is 33.8. The Balaban J connectivity index is 1.66. The molecule has 2 nitrogen and oxygen atoms in total. The molecule has 3 atom stereocenters. The largest absolute Gasteiger partial charge is 0.317 e. The Kier molecular flexibility index (Phi) is 3.73. The molecule has 0 saturated carbocycles. The fourth-order valence-electron chi connectivity index (χ4n) is 3.99. The lowest BCUT2D eigenvalue weighted by Crippen LogP contribution is -2.52. The third-order valence-electron chi connectivity index (χ3n) is 4.78. The monoisotopic (exact) mass is 264 g/mol. The molecule has 1 aromatic rings. The molecular weight excluding hydrogens is 240 g/mol. The van der Waals surface area contributed by atoms with E-state index in [2.05, 4.69) is 41.7 Å². The lowest BCUT2D eigenvalue weighted by atomic mass is 9.95. The van der Waals surface area contributed by atoms with Crippen molar-refractivity contribution in [2.75, 3.05) is 7.05 Å². The Morgan fingerprint density at radius 2 is 2.11 bits per heavy atom. The number of nitrogens with zero attached hydrogens (tertiary/aromatic N) is 1. The minimum atomic E-state index is 0.707. The van der Waals surface area contributed by atoms with E-state index in [0.717, 1.165) is 18.1 Å². The van der Waals surface area contributed by atoms with Crippen molar-refractivity contribution in [2.45, 2.75) is 63.2 Å². The molecule has 3 rings (SSSR count). The Labute approximate surface area is 114 Å². The number of nitrogens with one attached hydrogen (secondary N) is 1. The highest BCUT2D eigenvalue weighted by atomic mass is 32.1. The van der Waals surface area contributed by atoms with E-state index in [0.29, 0.717) is 6.04 Å². The highest BCUT2D eigenvalue weighted by Gasteiger charge is 2.42. The molecule has 2 bridgehead atoms. The molecule has 0 amide bonds. The van der Waals surface area contributed by atoms with Crippen LogP contribution in [-0.4, -0.2) is 36.1 Å². The smallest absolute Gasteiger partial charge is 0.0121 e. The third-order valence-corrected chi connectivity index (χ3v) is 5.68. The van der Waals surface area contributed by atoms with Crippen molar-refractivity contribution in [3.63, 3.8) is 0 Å². The van der Waals surface area contributed by atoms with Crippen LogP contribution in [0.15, 0.2) is 17.5 Å². The second kappa shape index (κ2) is 5.32. The van der Waals surface area contributed by atoms with Gasteiger partial charge in [0.15, 0.2) is 0 Å². The summed E-state index contributed by atoms with van der Waals surface area (Å²) in [6, 6.07) is 7.58. The van der Waals surface area contributed by atoms with Crippen LogP contribution < -0.4 is 5.32 Å². The molecule has 1 aromatic heterocycles. The van der Waals surface area contributed by atoms with Crippen LogP contribution in [0.3, 0.4) is 0 Å². The minimum Gasteiger partial charge on any atom is -0.317 e. The zero-order valence-electron chi connectivity index (χ0n) is 11.4. The van der Waals surface area contributed by atoms with Crippen LogP contribution in [0, 0.1) is 0 Å². The zero-order chi connectivity index (χ0) is 12.5. The van der Waals surface area contributed by atoms with Gasteiger partial charge >= 0.3 is 0 Å². The van der Waals surface area contributed by atoms with Gasteiger partial charge < -0.3 is 5.32 Å². The number of rotatable bonds is 4. The molecule has 0 aliphatic carbocycles. The second-order valence-corrected chi connectivity index (χ2v) is 6.95. The number of fused-ring (bicyclic) bond motifs is 2. The van der Waals surface area contributed by atoms with Crippen molar-refractivity contribution in [1.82, 2.24) is 10.2 Å². The molecule has 2 saturated heterocycles. The minimum absolute atomic E-state index is 0.707. The van der Waals surface area contributed by atoms with Gasteiger partial charge in [0.2, 0.25) is 0 Å². The van der Waals surface area contributed by atoms with Crippen LogP contribution in [-0.2, 0) is 6.42 Å². The van der Waals surface area contributed by atoms with Gasteiger partial charge in [0.05, 0.1) is 0 Å². The fourth-order valence-corrected chi connectivity index (χ4v) is 4.82. The Morgan fingerprint density at radius 1 is 1.39 bits per heavy atom. The zero-order valence-corrected chi connectivity index (χ0v) is 12.2. The Bertz CT molecular complexity index is 362. The third kappa shape index (κ3) is 2.36. The lowest BCUT2D eigenvalue weighted by Gasteiger charge is -2.42. The summed E-state index contributed by atoms with van der Waals surface area (Å²) in [5.41, 5.74) is 0. The van der Waals surface area contributed by atoms with Gasteiger partial charge in [0, 0.05) is 29.0 Å². The van der Waals surface area contributed by atoms with E-state index in [4.69, 9.17) is 0 Å². The summed E-state index contributed by atoms with van der Waals surface area (Å²) < 4.78 is 0. The fraction of sp³-hybridized carbons (Fsp3) is 0.733. The summed E-state index contributed by atoms with van der Waals surface area (Å²) in [6.07, 6.45) is 6.76. The van der Waals surface area contributed by atoms with Crippen LogP contribution in [0.1, 0.15) is 37.5 Å². The van der Waals surface area contributed by atoms with Crippen LogP contribution in [0.25, 0.3) is 0 Å². The average molecular weight is 264 g/mol. The maximum Gasteiger partial charge on any atom is 0.0121 e. The van der Waals surface area contributed by atoms with E-state index >= 15 is 0 Å². The van der Waals surface area contributed by atoms with Gasteiger partial charge in [-0.15, -0.1) is 11.3 Å². The van der Waals surface area contributed by atoms with Crippen LogP contribution in [0.2, 0.25) is 0 Å². The molecule has 0 radical (unpaired) electrons. The van der Waals surface area contributed by atoms with E-state index in [1.165, 1.54) is 37.0 Å². The van der Waals surface area contributed by atoms with Gasteiger partial charge in [-0.3, -0.25) is 4.90 Å². The van der Waals surface area contributed by atoms with Gasteiger partial charge in [-0.2, -0.15) is 0 Å². The molecule has 2 aliphatic heterocycles. The predicted octanol–water partition coefficient (Wildman–Crippen LogP) is 2.89. The van der Waals surface area contributed by atoms with E-state index in [9.17, 15) is 0 Å². The highest BCUT2D eigenvalue weighted by Crippen LogP contribution is 2.37. The first-order chi connectivity index (χ1) is 8.78. The Hall–Kier alpha value is -0.380. The topological polar surface area (TPSA) is 15.3 Å². The van der Waals surface area contributed by atoms with Crippen molar-refractivity contribution in [1.29, 1.82) is 0 Å². The molecule has 1 N–H and O–H groups in total. The van der Waals surface area contributed by atoms with Gasteiger partial charge in [-0.1, -0.05) is 6.07 Å². The van der Waals surface area contributed by atoms with E-state index in [-0.39, 0.29) is 0 Å². The first kappa shape index (κ1) is 12.6. The first-order valence-corrected chi connectivity index (χ1v) is 8.13. The average Bonchev–Trinajstić information content (AvgIpc) is 2.95. The van der Waals surface area contributed by atoms with E-state index < -0.39 is 0 Å². The maximum atomic E-state index is 3.49. The lowest BCUT2D eigenvalue weighted by molar-refractivity contribution is 0.0794. The predicted molar refractivity (Wildman–Crippen MR) is 78.2 cm³/mol. The summed E-state index contributed by atoms with van der Waals surface area (Å²) in [4.78, 5) is 4.37. The molecular formula is C15H24N2S. The molecule has 3 unspecified atom stereocenters. The van der Waals surface area contributed by atoms with Crippen molar-refractivity contribution >= 4 is 11.3 Å². The van der Waals surface area contributed by atoms with Crippen molar-refractivity contribution in [3.05, 3.63) is 22.4 Å². The number of thiophene rings is 1. The second-order valence-electron chi connectivity index (χ2n) is 5.92. The van der Waals surface area contributed by atoms with Crippen molar-refractivity contribution in [2.24, 2.45) is 0 Å². The molecule has 2 aliphatic rings. The van der Waals surface area contributed by atoms with Crippen LogP contribution in [0.4, 0.5) is 0 Å². The molecule has 3 heterocycles. The summed E-state index contributed by atoms with van der Waals surface area (Å²) >= 11 is 1.90. The van der Waals surface area contributed by atoms with E-state index in [1.807, 2.05) is 11.3 Å². The van der Waals surface area contributed by atoms with Crippen LogP contribution >= 0.6 is 11.3 Å². The molecule has 0 aromatic carbocycles. The number of hydrogen-bond acceptors (Lipinski definition) is 3. The summed E-state index contributed by atoms with van der Waals surface area (Å²) in [5, 5.41) is 5.68. The van der Waals surface area contributed by atoms with Gasteiger partial charge in [0.25, 0.3) is 0 Å². The van der Waals surface area contributed by atoms with Crippen LogP contribution in [0.5, 0.6) is 0 Å². The maximum absolute atomic E-state index is 3.49. The van der Waals surface area contributed by atoms with Crippen molar-refractivity contribution in [3.8, 4) is 0 Å². The number of hydrogen-bond donors (Lipinski definition) is 1. The van der Waals surface area contributed by atoms with E-state index in [1.54, 1.807) is 0 Å². The van der Waals surface area contributed by atoms with Crippen molar-refractivity contribution < 1.29 is 0 Å². The molecule has 3 heteroatoms. The summed E-state index contributed by atoms with van der Waals surface area (Å²) in [6.45, 7) is 2.42. The molecule has 2 fully saturated rings. The summed E-state index contributed by atoms with van der Waals surface area (Å²) in [7, 11) is 2.12. The van der Waals surface area contributed by atoms with Gasteiger partial charge in [-0.25, -0.2) is 0 Å². The van der Waals surface area contributed by atoms with Gasteiger partial charge in [-0.05, 0) is 57.5 Å². The number of piperidine rings is 1. The SMILES string of the molecule is CNC1CC2CCC(C1)N2C(C)Cc1cccs1. The first-order valence-electron chi connectivity index (χ1n) is 7.25. The quantitative estimate of drug-likeness (QED) is 0.899. The Morgan fingerprint density at radius 3 is 2.67 bits per heavy atom. The van der Waals surface area contributed by atoms with Gasteiger partial charge in [0.1, 0.15) is 0 Å². The highest BCUT2D eigenvalue weighted by molar-refractivity contribution is 7.09. The summed E-state index contributed by atoms with van der Waals surface area (Å²) in [5.74, 6) is 0. The molecule has 100 valence electrons. The standard InChI is InChI=1S/C15H24N2S/c1-11(8-15-4-3-7-18-15)17-13-5-6-14(17)10-12(9-13)16-2/h3-4,7,11-14,16H,5-6,8-10H2,1-2H3. The molecule has 18 heavy (non-hydrogen) atoms. The molecule has 0 spiro atoms.